The van der Waals surface area contributed by atoms with E-state index < -0.39 is 33.6 Å². The van der Waals surface area contributed by atoms with Gasteiger partial charge in [-0.15, -0.1) is 0 Å². The predicted molar refractivity (Wildman–Crippen MR) is 146 cm³/mol. The lowest BCUT2D eigenvalue weighted by atomic mass is 10.0. The lowest BCUT2D eigenvalue weighted by Crippen LogP contribution is -2.33. The van der Waals surface area contributed by atoms with Crippen LogP contribution >= 0.6 is 0 Å². The number of hydrogen-bond acceptors (Lipinski definition) is 7. The Labute approximate surface area is 232 Å². The van der Waals surface area contributed by atoms with Crippen molar-refractivity contribution in [1.29, 1.82) is 0 Å². The Morgan fingerprint density at radius 1 is 0.975 bits per heavy atom. The molecule has 1 N–H and O–H groups in total. The van der Waals surface area contributed by atoms with Crippen molar-refractivity contribution in [2.75, 3.05) is 25.0 Å². The number of amides is 2. The Kier molecular flexibility index (Phi) is 8.53. The van der Waals surface area contributed by atoms with E-state index >= 15 is 0 Å². The molecule has 40 heavy (non-hydrogen) atoms. The standard InChI is InChI=1S/C29H29FN2O7S/c1-4-8-19-17-20(30)12-14-24(19)40(36,37)31-23-13-11-18(5-2)26(25(23)29(35)38-3)39-16-15-32-27(33)21-9-6-7-10-22(21)28(32)34/h6-7,9-14,17,31H,4-5,8,15-16H2,1-3H3. The molecule has 1 heterocycles. The second-order valence-corrected chi connectivity index (χ2v) is 10.7. The molecule has 3 aromatic carbocycles. The van der Waals surface area contributed by atoms with Crippen LogP contribution in [0.15, 0.2) is 59.5 Å². The number of halogens is 1. The number of carbonyl (C=O) groups excluding carboxylic acids is 3. The zero-order valence-corrected chi connectivity index (χ0v) is 23.1. The molecule has 0 saturated carbocycles. The maximum atomic E-state index is 13.9. The van der Waals surface area contributed by atoms with Gasteiger partial charge in [-0.2, -0.15) is 0 Å². The average Bonchev–Trinajstić information content (AvgIpc) is 3.17. The second kappa shape index (κ2) is 11.9. The molecule has 210 valence electrons. The number of hydrogen-bond donors (Lipinski definition) is 1. The van der Waals surface area contributed by atoms with Crippen LogP contribution in [-0.4, -0.2) is 51.4 Å². The van der Waals surface area contributed by atoms with Crippen LogP contribution in [0.5, 0.6) is 5.75 Å². The average molecular weight is 569 g/mol. The number of ether oxygens (including phenoxy) is 2. The maximum Gasteiger partial charge on any atom is 0.343 e. The molecule has 9 nitrogen and oxygen atoms in total. The van der Waals surface area contributed by atoms with Crippen LogP contribution < -0.4 is 9.46 Å². The molecule has 0 bridgehead atoms. The third kappa shape index (κ3) is 5.55. The first-order chi connectivity index (χ1) is 19.1. The van der Waals surface area contributed by atoms with Gasteiger partial charge in [0, 0.05) is 0 Å². The predicted octanol–water partition coefficient (Wildman–Crippen LogP) is 4.60. The molecule has 0 atom stereocenters. The third-order valence-corrected chi connectivity index (χ3v) is 7.99. The first kappa shape index (κ1) is 28.8. The van der Waals surface area contributed by atoms with E-state index in [2.05, 4.69) is 4.72 Å². The van der Waals surface area contributed by atoms with E-state index in [1.54, 1.807) is 30.3 Å². The van der Waals surface area contributed by atoms with Crippen molar-refractivity contribution in [3.8, 4) is 5.75 Å². The Morgan fingerprint density at radius 3 is 2.25 bits per heavy atom. The largest absolute Gasteiger partial charge is 0.490 e. The lowest BCUT2D eigenvalue weighted by molar-refractivity contribution is 0.0583. The van der Waals surface area contributed by atoms with Gasteiger partial charge in [0.15, 0.2) is 0 Å². The van der Waals surface area contributed by atoms with E-state index in [9.17, 15) is 27.2 Å². The molecule has 0 aliphatic carbocycles. The van der Waals surface area contributed by atoms with E-state index in [1.165, 1.54) is 18.2 Å². The highest BCUT2D eigenvalue weighted by molar-refractivity contribution is 7.92. The Hall–Kier alpha value is -4.25. The van der Waals surface area contributed by atoms with E-state index in [0.717, 1.165) is 18.1 Å². The van der Waals surface area contributed by atoms with Crippen LogP contribution in [0.2, 0.25) is 0 Å². The van der Waals surface area contributed by atoms with Crippen molar-refractivity contribution < 1.29 is 36.7 Å². The van der Waals surface area contributed by atoms with Crippen molar-refractivity contribution in [3.63, 3.8) is 0 Å². The Bertz CT molecular complexity index is 1550. The number of fused-ring (bicyclic) bond motifs is 1. The molecule has 0 saturated heterocycles. The van der Waals surface area contributed by atoms with Gasteiger partial charge >= 0.3 is 5.97 Å². The molecule has 2 amide bonds. The van der Waals surface area contributed by atoms with Gasteiger partial charge in [-0.05, 0) is 60.4 Å². The summed E-state index contributed by atoms with van der Waals surface area (Å²) < 4.78 is 54.0. The number of nitrogens with one attached hydrogen (secondary N) is 1. The minimum atomic E-state index is -4.24. The number of carbonyl (C=O) groups is 3. The third-order valence-electron chi connectivity index (χ3n) is 6.52. The molecule has 1 aliphatic heterocycles. The molecule has 1 aliphatic rings. The molecule has 0 fully saturated rings. The van der Waals surface area contributed by atoms with Crippen LogP contribution in [0, 0.1) is 5.82 Å². The second-order valence-electron chi connectivity index (χ2n) is 9.09. The van der Waals surface area contributed by atoms with Crippen LogP contribution in [0.25, 0.3) is 0 Å². The quantitative estimate of drug-likeness (QED) is 0.265. The highest BCUT2D eigenvalue weighted by atomic mass is 32.2. The molecule has 4 rings (SSSR count). The van der Waals surface area contributed by atoms with Gasteiger partial charge in [0.2, 0.25) is 0 Å². The number of sulfonamides is 1. The highest BCUT2D eigenvalue weighted by Crippen LogP contribution is 2.34. The Morgan fingerprint density at radius 2 is 1.65 bits per heavy atom. The fourth-order valence-corrected chi connectivity index (χ4v) is 5.94. The summed E-state index contributed by atoms with van der Waals surface area (Å²) in [5.74, 6) is -2.23. The number of benzene rings is 3. The molecule has 11 heteroatoms. The van der Waals surface area contributed by atoms with Gasteiger partial charge in [0.25, 0.3) is 21.8 Å². The fraction of sp³-hybridized carbons (Fsp3) is 0.276. The first-order valence-corrected chi connectivity index (χ1v) is 14.2. The Balaban J connectivity index is 1.65. The number of anilines is 1. The van der Waals surface area contributed by atoms with Gasteiger partial charge in [-0.25, -0.2) is 17.6 Å². The number of nitrogens with zero attached hydrogens (tertiary/aromatic N) is 1. The SMILES string of the molecule is CCCc1cc(F)ccc1S(=O)(=O)Nc1ccc(CC)c(OCCN2C(=O)c3ccccc3C2=O)c1C(=O)OC. The maximum absolute atomic E-state index is 13.9. The van der Waals surface area contributed by atoms with E-state index in [4.69, 9.17) is 9.47 Å². The van der Waals surface area contributed by atoms with Gasteiger partial charge < -0.3 is 9.47 Å². The minimum absolute atomic E-state index is 0.0686. The van der Waals surface area contributed by atoms with Crippen molar-refractivity contribution in [2.24, 2.45) is 0 Å². The summed E-state index contributed by atoms with van der Waals surface area (Å²) in [6.07, 6.45) is 1.35. The summed E-state index contributed by atoms with van der Waals surface area (Å²) in [4.78, 5) is 39.3. The molecule has 3 aromatic rings. The molecular formula is C29H29FN2O7S. The monoisotopic (exact) mass is 568 g/mol. The van der Waals surface area contributed by atoms with E-state index in [-0.39, 0.29) is 35.0 Å². The smallest absolute Gasteiger partial charge is 0.343 e. The van der Waals surface area contributed by atoms with Gasteiger partial charge in [-0.1, -0.05) is 38.5 Å². The summed E-state index contributed by atoms with van der Waals surface area (Å²) in [6.45, 7) is 3.42. The van der Waals surface area contributed by atoms with Crippen LogP contribution in [0.4, 0.5) is 10.1 Å². The lowest BCUT2D eigenvalue weighted by Gasteiger charge is -2.20. The first-order valence-electron chi connectivity index (χ1n) is 12.8. The van der Waals surface area contributed by atoms with Crippen molar-refractivity contribution >= 4 is 33.5 Å². The normalized spacial score (nSPS) is 12.8. The summed E-state index contributed by atoms with van der Waals surface area (Å²) in [7, 11) is -3.09. The van der Waals surface area contributed by atoms with Crippen LogP contribution in [-0.2, 0) is 27.6 Å². The number of aryl methyl sites for hydroxylation is 2. The zero-order valence-electron chi connectivity index (χ0n) is 22.3. The van der Waals surface area contributed by atoms with Crippen molar-refractivity contribution in [2.45, 2.75) is 38.0 Å². The van der Waals surface area contributed by atoms with Gasteiger partial charge in [0.1, 0.15) is 23.7 Å². The van der Waals surface area contributed by atoms with E-state index in [1.807, 2.05) is 13.8 Å². The number of rotatable bonds is 11. The minimum Gasteiger partial charge on any atom is -0.490 e. The molecule has 0 unspecified atom stereocenters. The highest BCUT2D eigenvalue weighted by Gasteiger charge is 2.35. The van der Waals surface area contributed by atoms with Gasteiger partial charge in [0.05, 0.1) is 35.4 Å². The van der Waals surface area contributed by atoms with Gasteiger partial charge in [-0.3, -0.25) is 19.2 Å². The van der Waals surface area contributed by atoms with Crippen molar-refractivity contribution in [1.82, 2.24) is 4.90 Å². The summed E-state index contributed by atoms with van der Waals surface area (Å²) >= 11 is 0. The molecule has 0 spiro atoms. The molecule has 0 aromatic heterocycles. The zero-order chi connectivity index (χ0) is 29.0. The van der Waals surface area contributed by atoms with Crippen LogP contribution in [0.1, 0.15) is 62.5 Å². The summed E-state index contributed by atoms with van der Waals surface area (Å²) in [6, 6.07) is 12.9. The number of esters is 1. The molecule has 0 radical (unpaired) electrons. The fourth-order valence-electron chi connectivity index (χ4n) is 4.61. The topological polar surface area (TPSA) is 119 Å². The van der Waals surface area contributed by atoms with Crippen molar-refractivity contribution in [3.05, 3.63) is 88.2 Å². The van der Waals surface area contributed by atoms with E-state index in [0.29, 0.717) is 41.5 Å². The summed E-state index contributed by atoms with van der Waals surface area (Å²) in [5, 5.41) is 0. The summed E-state index contributed by atoms with van der Waals surface area (Å²) in [5.41, 5.74) is 1.24. The van der Waals surface area contributed by atoms with Crippen LogP contribution in [0.3, 0.4) is 0 Å². The number of imide groups is 1. The number of methoxy groups -OCH3 is 1. The molecular weight excluding hydrogens is 539 g/mol.